The van der Waals surface area contributed by atoms with Crippen LogP contribution < -0.4 is 0 Å². The average molecular weight is 442 g/mol. The van der Waals surface area contributed by atoms with Gasteiger partial charge in [-0.1, -0.05) is 39.3 Å². The summed E-state index contributed by atoms with van der Waals surface area (Å²) in [6.07, 6.45) is 20.0. The minimum Gasteiger partial charge on any atom is -0.358 e. The second kappa shape index (κ2) is 18.1. The van der Waals surface area contributed by atoms with Crippen molar-refractivity contribution in [1.29, 1.82) is 0 Å². The third kappa shape index (κ3) is 15.6. The van der Waals surface area contributed by atoms with E-state index in [4.69, 9.17) is 0 Å². The Balaban J connectivity index is -0.000000254. The van der Waals surface area contributed by atoms with E-state index in [2.05, 4.69) is 63.6 Å². The monoisotopic (exact) mass is 440 g/mol. The van der Waals surface area contributed by atoms with Crippen molar-refractivity contribution in [2.45, 2.75) is 52.1 Å². The van der Waals surface area contributed by atoms with E-state index in [0.29, 0.717) is 7.35 Å². The largest absolute Gasteiger partial charge is 3.00 e. The Kier molecular flexibility index (Phi) is 22.6. The smallest absolute Gasteiger partial charge is 0.358 e. The van der Waals surface area contributed by atoms with Crippen LogP contribution in [0.3, 0.4) is 0 Å². The van der Waals surface area contributed by atoms with Gasteiger partial charge >= 0.3 is 26.2 Å². The Morgan fingerprint density at radius 2 is 1.05 bits per heavy atom. The summed E-state index contributed by atoms with van der Waals surface area (Å²) in [5, 5.41) is 0. The Bertz CT molecular complexity index is 284. The molecule has 0 spiro atoms. The van der Waals surface area contributed by atoms with Gasteiger partial charge in [-0.25, -0.2) is 24.3 Å². The van der Waals surface area contributed by atoms with E-state index in [-0.39, 0.29) is 58.6 Å². The SMILES string of the molecule is C[SiH](C)[Si]([SiH](C)C)[SiH](C)C.[C-]1=CC=CC1.[C-]1=CC=CC1.[CH3-].[Zr+3]. The minimum absolute atomic E-state index is 0. The van der Waals surface area contributed by atoms with Crippen LogP contribution in [0.2, 0.25) is 39.3 Å². The van der Waals surface area contributed by atoms with Crippen molar-refractivity contribution in [3.05, 3.63) is 56.0 Å². The quantitative estimate of drug-likeness (QED) is 0.454. The van der Waals surface area contributed by atoms with E-state index < -0.39 is 0 Å². The van der Waals surface area contributed by atoms with Crippen LogP contribution in [0.15, 0.2) is 36.5 Å². The molecule has 0 N–H and O–H groups in total. The molecule has 2 radical (unpaired) electrons. The molecule has 0 aromatic rings. The van der Waals surface area contributed by atoms with Crippen molar-refractivity contribution in [3.63, 3.8) is 0 Å². The maximum atomic E-state index is 2.99. The molecule has 122 valence electrons. The molecule has 0 unspecified atom stereocenters. The molecule has 2 aliphatic rings. The molecule has 0 bridgehead atoms. The fourth-order valence-corrected chi connectivity index (χ4v) is 54.7. The van der Waals surface area contributed by atoms with Crippen LogP contribution in [-0.2, 0) is 26.2 Å². The van der Waals surface area contributed by atoms with Crippen molar-refractivity contribution in [2.24, 2.45) is 0 Å². The molecule has 2 rings (SSSR count). The molecule has 0 saturated carbocycles. The maximum absolute atomic E-state index is 2.99. The average Bonchev–Trinajstić information content (AvgIpc) is 3.07. The van der Waals surface area contributed by atoms with Crippen LogP contribution in [0.1, 0.15) is 12.8 Å². The van der Waals surface area contributed by atoms with Gasteiger partial charge in [0.05, 0.1) is 0 Å². The molecule has 0 aromatic carbocycles. The van der Waals surface area contributed by atoms with Crippen LogP contribution >= 0.6 is 0 Å². The molecule has 0 saturated heterocycles. The summed E-state index contributed by atoms with van der Waals surface area (Å²) in [7, 11) is -0.207. The molecule has 0 aliphatic heterocycles. The van der Waals surface area contributed by atoms with Gasteiger partial charge in [0.25, 0.3) is 0 Å². The molecule has 0 aromatic heterocycles. The third-order valence-electron chi connectivity index (χ3n) is 3.17. The predicted octanol–water partition coefficient (Wildman–Crippen LogP) is 4.24. The first-order valence-electron chi connectivity index (χ1n) is 7.76. The van der Waals surface area contributed by atoms with E-state index in [1.54, 1.807) is 0 Å². The minimum atomic E-state index is -0.176. The Hall–Kier alpha value is 0.711. The summed E-state index contributed by atoms with van der Waals surface area (Å²) in [6.45, 7) is 15.5. The van der Waals surface area contributed by atoms with Crippen molar-refractivity contribution in [3.8, 4) is 0 Å². The Morgan fingerprint density at radius 3 is 1.09 bits per heavy atom. The maximum Gasteiger partial charge on any atom is 3.00 e. The van der Waals surface area contributed by atoms with E-state index in [1.165, 1.54) is 0 Å². The van der Waals surface area contributed by atoms with Crippen LogP contribution in [-0.4, -0.2) is 32.3 Å². The van der Waals surface area contributed by atoms with Crippen LogP contribution in [0.4, 0.5) is 0 Å². The fraction of sp³-hybridized carbons (Fsp3) is 0.471. The van der Waals surface area contributed by atoms with Gasteiger partial charge in [-0.3, -0.25) is 12.2 Å². The zero-order valence-electron chi connectivity index (χ0n) is 15.6. The zero-order valence-corrected chi connectivity index (χ0v) is 22.5. The van der Waals surface area contributed by atoms with Gasteiger partial charge in [0, 0.05) is 32.3 Å². The van der Waals surface area contributed by atoms with Crippen LogP contribution in [0, 0.1) is 19.6 Å². The number of hydrogen-bond donors (Lipinski definition) is 0. The van der Waals surface area contributed by atoms with E-state index in [1.807, 2.05) is 24.3 Å². The Morgan fingerprint density at radius 1 is 0.727 bits per heavy atom. The molecule has 0 amide bonds. The van der Waals surface area contributed by atoms with Gasteiger partial charge in [-0.15, -0.1) is 12.8 Å². The van der Waals surface area contributed by atoms with Crippen molar-refractivity contribution in [1.82, 2.24) is 0 Å². The van der Waals surface area contributed by atoms with Gasteiger partial charge in [-0.2, -0.15) is 12.2 Å². The number of allylic oxidation sites excluding steroid dienone is 8. The summed E-state index contributed by atoms with van der Waals surface area (Å²) in [6, 6.07) is 0. The van der Waals surface area contributed by atoms with E-state index >= 15 is 0 Å². The van der Waals surface area contributed by atoms with Gasteiger partial charge in [0.1, 0.15) is 0 Å². The molecular formula is C17H34Si4Zr. The first kappa shape index (κ1) is 27.6. The summed E-state index contributed by atoms with van der Waals surface area (Å²) in [5.74, 6) is 0. The normalized spacial score (nSPS) is 13.7. The zero-order chi connectivity index (χ0) is 15.4. The Labute approximate surface area is 165 Å². The van der Waals surface area contributed by atoms with Gasteiger partial charge in [0.2, 0.25) is 0 Å². The molecule has 22 heavy (non-hydrogen) atoms. The summed E-state index contributed by atoms with van der Waals surface area (Å²) in [4.78, 5) is 0. The van der Waals surface area contributed by atoms with Crippen molar-refractivity contribution < 1.29 is 26.2 Å². The fourth-order valence-electron chi connectivity index (χ4n) is 2.68. The second-order valence-electron chi connectivity index (χ2n) is 5.97. The van der Waals surface area contributed by atoms with Crippen molar-refractivity contribution >= 4 is 32.3 Å². The number of hydrogen-bond acceptors (Lipinski definition) is 0. The summed E-state index contributed by atoms with van der Waals surface area (Å²) >= 11 is 0. The molecule has 2 aliphatic carbocycles. The second-order valence-corrected chi connectivity index (χ2v) is 36.3. The summed E-state index contributed by atoms with van der Waals surface area (Å²) in [5.41, 5.74) is 0. The van der Waals surface area contributed by atoms with E-state index in [0.717, 1.165) is 12.8 Å². The van der Waals surface area contributed by atoms with Gasteiger partial charge in [-0.05, 0) is 0 Å². The molecule has 5 heteroatoms. The number of rotatable bonds is 3. The third-order valence-corrected chi connectivity index (χ3v) is 55.2. The molecule has 0 heterocycles. The van der Waals surface area contributed by atoms with Crippen LogP contribution in [0.5, 0.6) is 0 Å². The molecule has 0 atom stereocenters. The van der Waals surface area contributed by atoms with E-state index in [9.17, 15) is 0 Å². The van der Waals surface area contributed by atoms with Crippen molar-refractivity contribution in [2.75, 3.05) is 0 Å². The molecule has 0 nitrogen and oxygen atoms in total. The first-order chi connectivity index (χ1) is 9.46. The molecule has 0 fully saturated rings. The first-order valence-corrected chi connectivity index (χ1v) is 21.6. The predicted molar refractivity (Wildman–Crippen MR) is 112 cm³/mol. The van der Waals surface area contributed by atoms with Gasteiger partial charge in [0.15, 0.2) is 0 Å². The van der Waals surface area contributed by atoms with Crippen LogP contribution in [0.25, 0.3) is 0 Å². The van der Waals surface area contributed by atoms with Gasteiger partial charge < -0.3 is 7.43 Å². The topological polar surface area (TPSA) is 0 Å². The summed E-state index contributed by atoms with van der Waals surface area (Å²) < 4.78 is 0. The standard InChI is InChI=1S/C6H21Si4.2C5H5.CH3.Zr/c1-7(2)10(8(3)4)9(5)6;2*1-2-4-5-3-1;;/h7-9H,1-6H3;2*1-3H,4H2;1H3;/q;3*-1;+3. The molecular weight excluding hydrogens is 408 g/mol.